The number of hydrogen-bond donors (Lipinski definition) is 3. The SMILES string of the molecule is CC(=O)N[C@@H](Cc1cc(F)cc(F)c1)[C@H](O)CNC1(c2cccc(C3CCOC3)c2)CC1. The van der Waals surface area contributed by atoms with Gasteiger partial charge in [0.1, 0.15) is 11.6 Å². The van der Waals surface area contributed by atoms with E-state index in [1.807, 2.05) is 0 Å². The molecule has 2 aromatic rings. The first kappa shape index (κ1) is 22.8. The third-order valence-electron chi connectivity index (χ3n) is 6.47. The number of ether oxygens (including phenoxy) is 1. The molecule has 172 valence electrons. The standard InChI is InChI=1S/C25H30F2N2O3/c1-16(30)29-23(11-17-9-21(26)13-22(27)10-17)24(31)14-28-25(6-7-25)20-4-2-3-18(12-20)19-5-8-32-15-19/h2-4,9-10,12-13,19,23-24,28,31H,5-8,11,14-15H2,1H3,(H,29,30)/t19?,23-,24+/m0/s1. The van der Waals surface area contributed by atoms with Gasteiger partial charge in [-0.25, -0.2) is 8.78 Å². The van der Waals surface area contributed by atoms with Gasteiger partial charge in [-0.3, -0.25) is 4.79 Å². The van der Waals surface area contributed by atoms with Gasteiger partial charge in [-0.2, -0.15) is 0 Å². The van der Waals surface area contributed by atoms with Gasteiger partial charge in [-0.15, -0.1) is 0 Å². The highest BCUT2D eigenvalue weighted by Crippen LogP contribution is 2.46. The first-order valence-corrected chi connectivity index (χ1v) is 11.2. The number of carbonyl (C=O) groups is 1. The molecule has 1 saturated heterocycles. The van der Waals surface area contributed by atoms with Crippen molar-refractivity contribution in [1.29, 1.82) is 0 Å². The summed E-state index contributed by atoms with van der Waals surface area (Å²) in [5.41, 5.74) is 2.66. The molecule has 3 atom stereocenters. The Morgan fingerprint density at radius 2 is 1.97 bits per heavy atom. The zero-order chi connectivity index (χ0) is 22.7. The smallest absolute Gasteiger partial charge is 0.217 e. The maximum Gasteiger partial charge on any atom is 0.217 e. The Morgan fingerprint density at radius 3 is 2.59 bits per heavy atom. The summed E-state index contributed by atoms with van der Waals surface area (Å²) in [6.45, 7) is 3.16. The van der Waals surface area contributed by atoms with Crippen LogP contribution in [0.4, 0.5) is 8.78 Å². The third kappa shape index (κ3) is 5.52. The fourth-order valence-corrected chi connectivity index (χ4v) is 4.55. The first-order chi connectivity index (χ1) is 15.3. The molecule has 0 bridgehead atoms. The van der Waals surface area contributed by atoms with E-state index in [1.54, 1.807) is 0 Å². The molecule has 7 heteroatoms. The Morgan fingerprint density at radius 1 is 1.22 bits per heavy atom. The van der Waals surface area contributed by atoms with Crippen LogP contribution in [0.3, 0.4) is 0 Å². The third-order valence-corrected chi connectivity index (χ3v) is 6.47. The van der Waals surface area contributed by atoms with Crippen LogP contribution in [0.1, 0.15) is 48.8 Å². The van der Waals surface area contributed by atoms with Crippen molar-refractivity contribution in [3.8, 4) is 0 Å². The highest BCUT2D eigenvalue weighted by Gasteiger charge is 2.44. The zero-order valence-electron chi connectivity index (χ0n) is 18.2. The van der Waals surface area contributed by atoms with Crippen LogP contribution in [-0.2, 0) is 21.5 Å². The molecule has 32 heavy (non-hydrogen) atoms. The molecule has 1 amide bonds. The number of benzene rings is 2. The Labute approximate surface area is 187 Å². The lowest BCUT2D eigenvalue weighted by atomic mass is 9.93. The van der Waals surface area contributed by atoms with Gasteiger partial charge >= 0.3 is 0 Å². The predicted molar refractivity (Wildman–Crippen MR) is 117 cm³/mol. The number of aliphatic hydroxyl groups is 1. The first-order valence-electron chi connectivity index (χ1n) is 11.2. The molecule has 0 radical (unpaired) electrons. The highest BCUT2D eigenvalue weighted by atomic mass is 19.1. The molecule has 1 aliphatic carbocycles. The summed E-state index contributed by atoms with van der Waals surface area (Å²) in [6.07, 6.45) is 2.16. The van der Waals surface area contributed by atoms with Gasteiger partial charge in [0.25, 0.3) is 0 Å². The molecule has 5 nitrogen and oxygen atoms in total. The summed E-state index contributed by atoms with van der Waals surface area (Å²) in [5, 5.41) is 17.0. The topological polar surface area (TPSA) is 70.6 Å². The second kappa shape index (κ2) is 9.65. The quantitative estimate of drug-likeness (QED) is 0.556. The molecule has 2 aliphatic rings. The minimum atomic E-state index is -0.922. The van der Waals surface area contributed by atoms with Crippen LogP contribution in [0.15, 0.2) is 42.5 Å². The van der Waals surface area contributed by atoms with E-state index < -0.39 is 23.8 Å². The Hall–Kier alpha value is -2.35. The van der Waals surface area contributed by atoms with Crippen molar-refractivity contribution < 1.29 is 23.4 Å². The van der Waals surface area contributed by atoms with E-state index in [9.17, 15) is 18.7 Å². The minimum Gasteiger partial charge on any atom is -0.390 e. The van der Waals surface area contributed by atoms with E-state index in [4.69, 9.17) is 4.74 Å². The largest absolute Gasteiger partial charge is 0.390 e. The van der Waals surface area contributed by atoms with E-state index in [0.29, 0.717) is 11.5 Å². The highest BCUT2D eigenvalue weighted by molar-refractivity contribution is 5.73. The van der Waals surface area contributed by atoms with E-state index in [1.165, 1.54) is 30.2 Å². The molecule has 1 heterocycles. The summed E-state index contributed by atoms with van der Waals surface area (Å²) in [6, 6.07) is 11.1. The number of aliphatic hydroxyl groups excluding tert-OH is 1. The summed E-state index contributed by atoms with van der Waals surface area (Å²) in [5.74, 6) is -1.25. The van der Waals surface area contributed by atoms with E-state index in [0.717, 1.165) is 38.5 Å². The van der Waals surface area contributed by atoms with Crippen molar-refractivity contribution in [1.82, 2.24) is 10.6 Å². The summed E-state index contributed by atoms with van der Waals surface area (Å²) in [4.78, 5) is 11.7. The molecule has 3 N–H and O–H groups in total. The molecule has 1 aliphatic heterocycles. The number of halogens is 2. The van der Waals surface area contributed by atoms with E-state index >= 15 is 0 Å². The van der Waals surface area contributed by atoms with Crippen molar-refractivity contribution in [3.05, 3.63) is 70.8 Å². The molecule has 1 unspecified atom stereocenters. The van der Waals surface area contributed by atoms with Crippen LogP contribution in [0.25, 0.3) is 0 Å². The summed E-state index contributed by atoms with van der Waals surface area (Å²) in [7, 11) is 0. The summed E-state index contributed by atoms with van der Waals surface area (Å²) >= 11 is 0. The van der Waals surface area contributed by atoms with Crippen molar-refractivity contribution in [2.24, 2.45) is 0 Å². The number of carbonyl (C=O) groups excluding carboxylic acids is 1. The monoisotopic (exact) mass is 444 g/mol. The fraction of sp³-hybridized carbons (Fsp3) is 0.480. The molecule has 0 spiro atoms. The minimum absolute atomic E-state index is 0.126. The Balaban J connectivity index is 1.42. The van der Waals surface area contributed by atoms with Gasteiger partial charge in [-0.05, 0) is 54.5 Å². The van der Waals surface area contributed by atoms with Crippen molar-refractivity contribution in [2.45, 2.75) is 56.2 Å². The van der Waals surface area contributed by atoms with E-state index in [-0.39, 0.29) is 24.4 Å². The van der Waals surface area contributed by atoms with E-state index in [2.05, 4.69) is 34.9 Å². The predicted octanol–water partition coefficient (Wildman–Crippen LogP) is 3.16. The molecule has 2 fully saturated rings. The number of nitrogens with one attached hydrogen (secondary N) is 2. The van der Waals surface area contributed by atoms with Gasteiger partial charge < -0.3 is 20.5 Å². The average molecular weight is 445 g/mol. The van der Waals surface area contributed by atoms with Crippen LogP contribution in [0, 0.1) is 11.6 Å². The molecule has 0 aromatic heterocycles. The van der Waals surface area contributed by atoms with Crippen LogP contribution in [-0.4, -0.2) is 42.9 Å². The second-order valence-corrected chi connectivity index (χ2v) is 9.01. The van der Waals surface area contributed by atoms with Crippen LogP contribution >= 0.6 is 0 Å². The van der Waals surface area contributed by atoms with Crippen molar-refractivity contribution >= 4 is 5.91 Å². The van der Waals surface area contributed by atoms with Gasteiger partial charge in [0.15, 0.2) is 0 Å². The average Bonchev–Trinajstić information content (AvgIpc) is 3.33. The van der Waals surface area contributed by atoms with Crippen LogP contribution in [0.2, 0.25) is 0 Å². The summed E-state index contributed by atoms with van der Waals surface area (Å²) < 4.78 is 32.7. The molecular weight excluding hydrogens is 414 g/mol. The lowest BCUT2D eigenvalue weighted by Crippen LogP contribution is -2.49. The number of amides is 1. The van der Waals surface area contributed by atoms with Gasteiger partial charge in [0.2, 0.25) is 5.91 Å². The molecule has 2 aromatic carbocycles. The zero-order valence-corrected chi connectivity index (χ0v) is 18.2. The lowest BCUT2D eigenvalue weighted by Gasteiger charge is -2.27. The number of rotatable bonds is 9. The number of hydrogen-bond acceptors (Lipinski definition) is 4. The lowest BCUT2D eigenvalue weighted by molar-refractivity contribution is -0.120. The molecule has 1 saturated carbocycles. The molecule has 4 rings (SSSR count). The molecular formula is C25H30F2N2O3. The van der Waals surface area contributed by atoms with Gasteiger partial charge in [-0.1, -0.05) is 24.3 Å². The maximum atomic E-state index is 13.6. The second-order valence-electron chi connectivity index (χ2n) is 9.01. The van der Waals surface area contributed by atoms with Crippen LogP contribution < -0.4 is 10.6 Å². The van der Waals surface area contributed by atoms with Crippen molar-refractivity contribution in [2.75, 3.05) is 19.8 Å². The van der Waals surface area contributed by atoms with Crippen LogP contribution in [0.5, 0.6) is 0 Å². The maximum absolute atomic E-state index is 13.6. The fourth-order valence-electron chi connectivity index (χ4n) is 4.55. The van der Waals surface area contributed by atoms with Gasteiger partial charge in [0.05, 0.1) is 18.8 Å². The Kier molecular flexibility index (Phi) is 6.88. The normalized spacial score (nSPS) is 21.2. The Bertz CT molecular complexity index is 938. The van der Waals surface area contributed by atoms with Crippen molar-refractivity contribution in [3.63, 3.8) is 0 Å². The van der Waals surface area contributed by atoms with Gasteiger partial charge in [0, 0.05) is 37.6 Å².